The molecule has 1 heterocycles. The number of nitro benzene ring substituents is 1. The van der Waals surface area contributed by atoms with E-state index in [1.807, 2.05) is 30.3 Å². The summed E-state index contributed by atoms with van der Waals surface area (Å²) in [6.07, 6.45) is 0.292. The molecule has 3 aromatic rings. The molecule has 1 aliphatic rings. The standard InChI is InChI=1S/C25H24N4O4/c30-24(18-19-4-2-1-3-5-19)26-21-8-6-20(7-9-21)25(31)28-16-14-27(15-17-28)22-10-12-23(13-11-22)29(32)33/h1-13H,14-18H2,(H,26,30). The number of carbonyl (C=O) groups is 2. The number of nitro groups is 1. The number of rotatable bonds is 6. The molecule has 0 spiro atoms. The molecule has 2 amide bonds. The highest BCUT2D eigenvalue weighted by atomic mass is 16.6. The minimum atomic E-state index is -0.416. The molecule has 1 fully saturated rings. The lowest BCUT2D eigenvalue weighted by Crippen LogP contribution is -2.48. The summed E-state index contributed by atoms with van der Waals surface area (Å²) in [6.45, 7) is 2.42. The average Bonchev–Trinajstić information content (AvgIpc) is 2.85. The number of carbonyl (C=O) groups excluding carboxylic acids is 2. The predicted molar refractivity (Wildman–Crippen MR) is 126 cm³/mol. The number of hydrogen-bond donors (Lipinski definition) is 1. The van der Waals surface area contributed by atoms with Crippen molar-refractivity contribution in [3.63, 3.8) is 0 Å². The van der Waals surface area contributed by atoms with Crippen molar-refractivity contribution in [1.82, 2.24) is 4.90 Å². The van der Waals surface area contributed by atoms with Gasteiger partial charge >= 0.3 is 0 Å². The van der Waals surface area contributed by atoms with Gasteiger partial charge in [-0.2, -0.15) is 0 Å². The highest BCUT2D eigenvalue weighted by molar-refractivity contribution is 5.96. The van der Waals surface area contributed by atoms with Gasteiger partial charge in [0.1, 0.15) is 0 Å². The topological polar surface area (TPSA) is 95.8 Å². The van der Waals surface area contributed by atoms with Crippen LogP contribution >= 0.6 is 0 Å². The van der Waals surface area contributed by atoms with Crippen LogP contribution in [0.1, 0.15) is 15.9 Å². The lowest BCUT2D eigenvalue weighted by atomic mass is 10.1. The van der Waals surface area contributed by atoms with E-state index in [1.54, 1.807) is 41.3 Å². The normalized spacial score (nSPS) is 13.5. The first-order valence-corrected chi connectivity index (χ1v) is 10.7. The fraction of sp³-hybridized carbons (Fsp3) is 0.200. The number of anilines is 2. The quantitative estimate of drug-likeness (QED) is 0.462. The van der Waals surface area contributed by atoms with Gasteiger partial charge in [-0.05, 0) is 42.0 Å². The smallest absolute Gasteiger partial charge is 0.269 e. The van der Waals surface area contributed by atoms with Gasteiger partial charge in [0.2, 0.25) is 5.91 Å². The fourth-order valence-corrected chi connectivity index (χ4v) is 3.82. The van der Waals surface area contributed by atoms with E-state index in [2.05, 4.69) is 10.2 Å². The van der Waals surface area contributed by atoms with E-state index >= 15 is 0 Å². The summed E-state index contributed by atoms with van der Waals surface area (Å²) >= 11 is 0. The van der Waals surface area contributed by atoms with Gasteiger partial charge in [0.05, 0.1) is 11.3 Å². The second kappa shape index (κ2) is 9.95. The number of nitrogens with one attached hydrogen (secondary N) is 1. The Morgan fingerprint density at radius 1 is 0.848 bits per heavy atom. The van der Waals surface area contributed by atoms with E-state index in [1.165, 1.54) is 12.1 Å². The largest absolute Gasteiger partial charge is 0.368 e. The molecule has 0 aromatic heterocycles. The van der Waals surface area contributed by atoms with Crippen LogP contribution in [-0.4, -0.2) is 47.8 Å². The van der Waals surface area contributed by atoms with E-state index in [4.69, 9.17) is 0 Å². The first-order valence-electron chi connectivity index (χ1n) is 10.7. The van der Waals surface area contributed by atoms with Gasteiger partial charge in [-0.15, -0.1) is 0 Å². The number of amides is 2. The molecule has 4 rings (SSSR count). The third-order valence-electron chi connectivity index (χ3n) is 5.62. The molecule has 33 heavy (non-hydrogen) atoms. The second-order valence-corrected chi connectivity index (χ2v) is 7.84. The van der Waals surface area contributed by atoms with E-state index in [-0.39, 0.29) is 17.5 Å². The molecule has 0 aliphatic carbocycles. The highest BCUT2D eigenvalue weighted by Gasteiger charge is 2.22. The predicted octanol–water partition coefficient (Wildman–Crippen LogP) is 3.74. The molecule has 1 saturated heterocycles. The Bertz CT molecular complexity index is 1120. The van der Waals surface area contributed by atoms with Crippen molar-refractivity contribution in [2.75, 3.05) is 36.4 Å². The minimum Gasteiger partial charge on any atom is -0.368 e. The molecule has 0 unspecified atom stereocenters. The Balaban J connectivity index is 1.29. The first kappa shape index (κ1) is 22.0. The Kier molecular flexibility index (Phi) is 6.64. The molecule has 1 N–H and O–H groups in total. The maximum absolute atomic E-state index is 12.9. The van der Waals surface area contributed by atoms with Gasteiger partial charge in [-0.3, -0.25) is 19.7 Å². The maximum atomic E-state index is 12.9. The Morgan fingerprint density at radius 3 is 2.09 bits per heavy atom. The number of nitrogens with zero attached hydrogens (tertiary/aromatic N) is 3. The average molecular weight is 444 g/mol. The molecule has 8 nitrogen and oxygen atoms in total. The van der Waals surface area contributed by atoms with Crippen LogP contribution in [0.3, 0.4) is 0 Å². The van der Waals surface area contributed by atoms with Gasteiger partial charge in [-0.25, -0.2) is 0 Å². The third kappa shape index (κ3) is 5.54. The van der Waals surface area contributed by atoms with Crippen LogP contribution < -0.4 is 10.2 Å². The molecule has 0 radical (unpaired) electrons. The van der Waals surface area contributed by atoms with Crippen molar-refractivity contribution in [3.05, 3.63) is 100 Å². The minimum absolute atomic E-state index is 0.0551. The van der Waals surface area contributed by atoms with Crippen LogP contribution in [0.4, 0.5) is 17.1 Å². The summed E-state index contributed by atoms with van der Waals surface area (Å²) in [5.74, 6) is -0.164. The monoisotopic (exact) mass is 444 g/mol. The van der Waals surface area contributed by atoms with Crippen LogP contribution in [0.5, 0.6) is 0 Å². The summed E-state index contributed by atoms with van der Waals surface area (Å²) < 4.78 is 0. The van der Waals surface area contributed by atoms with Crippen LogP contribution in [0, 0.1) is 10.1 Å². The fourth-order valence-electron chi connectivity index (χ4n) is 3.82. The first-order chi connectivity index (χ1) is 16.0. The van der Waals surface area contributed by atoms with Gasteiger partial charge in [-0.1, -0.05) is 30.3 Å². The van der Waals surface area contributed by atoms with E-state index < -0.39 is 4.92 Å². The summed E-state index contributed by atoms with van der Waals surface area (Å²) in [6, 6.07) is 22.9. The number of non-ortho nitro benzene ring substituents is 1. The van der Waals surface area contributed by atoms with Crippen molar-refractivity contribution >= 4 is 28.9 Å². The Labute approximate surface area is 191 Å². The molecule has 0 saturated carbocycles. The molecular weight excluding hydrogens is 420 g/mol. The van der Waals surface area contributed by atoms with Gasteiger partial charge in [0.25, 0.3) is 11.6 Å². The number of benzene rings is 3. The summed E-state index contributed by atoms with van der Waals surface area (Å²) in [4.78, 5) is 39.4. The summed E-state index contributed by atoms with van der Waals surface area (Å²) in [5, 5.41) is 13.7. The van der Waals surface area contributed by atoms with Crippen molar-refractivity contribution in [3.8, 4) is 0 Å². The lowest BCUT2D eigenvalue weighted by Gasteiger charge is -2.36. The highest BCUT2D eigenvalue weighted by Crippen LogP contribution is 2.21. The number of hydrogen-bond acceptors (Lipinski definition) is 5. The van der Waals surface area contributed by atoms with Gasteiger partial charge in [0, 0.05) is 55.2 Å². The van der Waals surface area contributed by atoms with Crippen LogP contribution in [0.25, 0.3) is 0 Å². The second-order valence-electron chi connectivity index (χ2n) is 7.84. The van der Waals surface area contributed by atoms with Crippen molar-refractivity contribution in [2.45, 2.75) is 6.42 Å². The van der Waals surface area contributed by atoms with E-state index in [0.717, 1.165) is 11.3 Å². The Morgan fingerprint density at radius 2 is 1.48 bits per heavy atom. The number of piperazine rings is 1. The summed E-state index contributed by atoms with van der Waals surface area (Å²) in [5.41, 5.74) is 3.13. The van der Waals surface area contributed by atoms with E-state index in [0.29, 0.717) is 43.9 Å². The molecule has 8 heteroatoms. The summed E-state index contributed by atoms with van der Waals surface area (Å²) in [7, 11) is 0. The van der Waals surface area contributed by atoms with E-state index in [9.17, 15) is 19.7 Å². The van der Waals surface area contributed by atoms with Crippen molar-refractivity contribution in [2.24, 2.45) is 0 Å². The van der Waals surface area contributed by atoms with Gasteiger partial charge in [0.15, 0.2) is 0 Å². The molecule has 3 aromatic carbocycles. The lowest BCUT2D eigenvalue weighted by molar-refractivity contribution is -0.384. The molecular formula is C25H24N4O4. The zero-order valence-electron chi connectivity index (χ0n) is 18.0. The van der Waals surface area contributed by atoms with Crippen LogP contribution in [-0.2, 0) is 11.2 Å². The SMILES string of the molecule is O=C(Cc1ccccc1)Nc1ccc(C(=O)N2CCN(c3ccc([N+](=O)[O-])cc3)CC2)cc1. The maximum Gasteiger partial charge on any atom is 0.269 e. The zero-order valence-corrected chi connectivity index (χ0v) is 18.0. The van der Waals surface area contributed by atoms with Crippen LogP contribution in [0.2, 0.25) is 0 Å². The zero-order chi connectivity index (χ0) is 23.2. The Hall–Kier alpha value is -4.20. The molecule has 1 aliphatic heterocycles. The third-order valence-corrected chi connectivity index (χ3v) is 5.62. The van der Waals surface area contributed by atoms with Crippen molar-refractivity contribution in [1.29, 1.82) is 0 Å². The van der Waals surface area contributed by atoms with Gasteiger partial charge < -0.3 is 15.1 Å². The molecule has 168 valence electrons. The molecule has 0 atom stereocenters. The van der Waals surface area contributed by atoms with Crippen LogP contribution in [0.15, 0.2) is 78.9 Å². The van der Waals surface area contributed by atoms with Crippen molar-refractivity contribution < 1.29 is 14.5 Å². The molecule has 0 bridgehead atoms.